The van der Waals surface area contributed by atoms with Gasteiger partial charge in [-0.25, -0.2) is 9.97 Å². The molecule has 4 aromatic rings. The molecule has 1 saturated heterocycles. The third kappa shape index (κ3) is 3.82. The lowest BCUT2D eigenvalue weighted by molar-refractivity contribution is -0.0361. The lowest BCUT2D eigenvalue weighted by Crippen LogP contribution is -2.40. The van der Waals surface area contributed by atoms with Crippen LogP contribution in [0, 0.1) is 5.92 Å². The van der Waals surface area contributed by atoms with Gasteiger partial charge in [0.15, 0.2) is 11.5 Å². The van der Waals surface area contributed by atoms with Crippen LogP contribution in [0.25, 0.3) is 16.9 Å². The van der Waals surface area contributed by atoms with Crippen LogP contribution in [0.5, 0.6) is 0 Å². The third-order valence-corrected chi connectivity index (χ3v) is 6.10. The van der Waals surface area contributed by atoms with Crippen LogP contribution in [-0.2, 0) is 11.8 Å². The molecule has 4 aromatic heterocycles. The number of fused-ring (bicyclic) bond motifs is 1. The number of nitrogens with zero attached hydrogens (tertiary/aromatic N) is 8. The zero-order chi connectivity index (χ0) is 21.5. The summed E-state index contributed by atoms with van der Waals surface area (Å²) in [5, 5.41) is 16.2. The number of hydrogen-bond donors (Lipinski definition) is 1. The zero-order valence-corrected chi connectivity index (χ0v) is 17.9. The Labute approximate surface area is 185 Å². The Morgan fingerprint density at radius 1 is 1.16 bits per heavy atom. The van der Waals surface area contributed by atoms with Crippen molar-refractivity contribution in [3.63, 3.8) is 0 Å². The minimum absolute atomic E-state index is 0.0582. The molecular weight excluding hydrogens is 406 g/mol. The van der Waals surface area contributed by atoms with Gasteiger partial charge in [0.2, 0.25) is 5.95 Å². The molecule has 32 heavy (non-hydrogen) atoms. The molecule has 2 fully saturated rings. The molecule has 10 nitrogen and oxygen atoms in total. The second-order valence-electron chi connectivity index (χ2n) is 8.49. The molecule has 1 aliphatic heterocycles. The van der Waals surface area contributed by atoms with Gasteiger partial charge < -0.3 is 10.1 Å². The monoisotopic (exact) mass is 431 g/mol. The number of ether oxygens (including phenoxy) is 1. The van der Waals surface area contributed by atoms with Gasteiger partial charge in [0, 0.05) is 50.7 Å². The number of aromatic nitrogens is 7. The summed E-state index contributed by atoms with van der Waals surface area (Å²) in [7, 11) is 1.87. The second kappa shape index (κ2) is 7.95. The molecule has 5 heterocycles. The van der Waals surface area contributed by atoms with Gasteiger partial charge >= 0.3 is 0 Å². The van der Waals surface area contributed by atoms with Crippen molar-refractivity contribution in [1.82, 2.24) is 39.2 Å². The van der Waals surface area contributed by atoms with Gasteiger partial charge in [-0.2, -0.15) is 5.10 Å². The predicted octanol–water partition coefficient (Wildman–Crippen LogP) is 2.45. The Bertz CT molecular complexity index is 1250. The van der Waals surface area contributed by atoms with Crippen molar-refractivity contribution in [2.24, 2.45) is 13.0 Å². The first-order valence-electron chi connectivity index (χ1n) is 11.0. The number of anilines is 2. The van der Waals surface area contributed by atoms with E-state index in [1.54, 1.807) is 17.1 Å². The van der Waals surface area contributed by atoms with Gasteiger partial charge in [-0.05, 0) is 37.0 Å². The van der Waals surface area contributed by atoms with Crippen LogP contribution in [0.2, 0.25) is 0 Å². The Hall–Kier alpha value is -3.37. The van der Waals surface area contributed by atoms with Crippen LogP contribution < -0.4 is 5.32 Å². The maximum Gasteiger partial charge on any atom is 0.228 e. The fourth-order valence-electron chi connectivity index (χ4n) is 4.17. The predicted molar refractivity (Wildman–Crippen MR) is 118 cm³/mol. The van der Waals surface area contributed by atoms with E-state index in [4.69, 9.17) is 4.74 Å². The van der Waals surface area contributed by atoms with E-state index < -0.39 is 0 Å². The molecule has 6 rings (SSSR count). The second-order valence-corrected chi connectivity index (χ2v) is 8.49. The standard InChI is InChI=1S/C22H25N9O/c1-29-19(5-8-24-29)26-22-23-7-4-17(25-22)16-6-9-31-20(12-16)27-28-21(31)18-14-30(10-11-32-18)13-15-2-3-15/h4-9,12,15,18H,2-3,10-11,13-14H2,1H3,(H,23,25,26). The lowest BCUT2D eigenvalue weighted by Gasteiger charge is -2.32. The van der Waals surface area contributed by atoms with Crippen LogP contribution >= 0.6 is 0 Å². The number of morpholine rings is 1. The molecule has 164 valence electrons. The van der Waals surface area contributed by atoms with E-state index in [0.29, 0.717) is 5.95 Å². The van der Waals surface area contributed by atoms with Gasteiger partial charge in [-0.1, -0.05) is 0 Å². The molecule has 10 heteroatoms. The van der Waals surface area contributed by atoms with Gasteiger partial charge in [-0.3, -0.25) is 14.0 Å². The van der Waals surface area contributed by atoms with E-state index in [1.807, 2.05) is 41.9 Å². The summed E-state index contributed by atoms with van der Waals surface area (Å²) in [4.78, 5) is 11.5. The van der Waals surface area contributed by atoms with Crippen LogP contribution in [0.4, 0.5) is 11.8 Å². The van der Waals surface area contributed by atoms with Crippen LogP contribution in [0.3, 0.4) is 0 Å². The normalized spacial score (nSPS) is 19.5. The first-order chi connectivity index (χ1) is 15.7. The molecule has 0 amide bonds. The summed E-state index contributed by atoms with van der Waals surface area (Å²) < 4.78 is 9.81. The van der Waals surface area contributed by atoms with E-state index in [0.717, 1.165) is 54.2 Å². The highest BCUT2D eigenvalue weighted by Crippen LogP contribution is 2.32. The summed E-state index contributed by atoms with van der Waals surface area (Å²) >= 11 is 0. The Kier molecular flexibility index (Phi) is 4.80. The van der Waals surface area contributed by atoms with E-state index in [1.165, 1.54) is 19.4 Å². The summed E-state index contributed by atoms with van der Waals surface area (Å²) in [6.07, 6.45) is 8.13. The molecule has 1 saturated carbocycles. The van der Waals surface area contributed by atoms with Crippen molar-refractivity contribution in [1.29, 1.82) is 0 Å². The molecule has 1 atom stereocenters. The summed E-state index contributed by atoms with van der Waals surface area (Å²) in [6, 6.07) is 7.79. The number of rotatable bonds is 6. The van der Waals surface area contributed by atoms with Crippen LogP contribution in [-0.4, -0.2) is 65.5 Å². The minimum Gasteiger partial charge on any atom is -0.368 e. The molecule has 1 N–H and O–H groups in total. The van der Waals surface area contributed by atoms with E-state index in [9.17, 15) is 0 Å². The Morgan fingerprint density at radius 2 is 2.09 bits per heavy atom. The number of pyridine rings is 1. The first kappa shape index (κ1) is 19.3. The van der Waals surface area contributed by atoms with Crippen molar-refractivity contribution >= 4 is 17.4 Å². The largest absolute Gasteiger partial charge is 0.368 e. The Morgan fingerprint density at radius 3 is 2.94 bits per heavy atom. The molecule has 0 radical (unpaired) electrons. The zero-order valence-electron chi connectivity index (χ0n) is 17.9. The number of aryl methyl sites for hydroxylation is 1. The molecule has 1 aliphatic carbocycles. The maximum absolute atomic E-state index is 6.05. The van der Waals surface area contributed by atoms with E-state index >= 15 is 0 Å². The smallest absolute Gasteiger partial charge is 0.228 e. The van der Waals surface area contributed by atoms with Crippen LogP contribution in [0.1, 0.15) is 24.8 Å². The first-order valence-corrected chi connectivity index (χ1v) is 11.0. The SMILES string of the molecule is Cn1nccc1Nc1nccc(-c2ccn3c(C4CN(CC5CC5)CCO4)nnc3c2)n1. The van der Waals surface area contributed by atoms with Gasteiger partial charge in [0.25, 0.3) is 0 Å². The topological polar surface area (TPSA) is 98.3 Å². The lowest BCUT2D eigenvalue weighted by atomic mass is 10.2. The summed E-state index contributed by atoms with van der Waals surface area (Å²) in [6.45, 7) is 3.77. The van der Waals surface area contributed by atoms with E-state index in [2.05, 4.69) is 35.5 Å². The third-order valence-electron chi connectivity index (χ3n) is 6.10. The average molecular weight is 432 g/mol. The maximum atomic E-state index is 6.05. The molecule has 0 aromatic carbocycles. The van der Waals surface area contributed by atoms with Crippen molar-refractivity contribution in [2.45, 2.75) is 18.9 Å². The summed E-state index contributed by atoms with van der Waals surface area (Å²) in [5.41, 5.74) is 2.54. The molecule has 2 aliphatic rings. The molecule has 0 bridgehead atoms. The van der Waals surface area contributed by atoms with Crippen molar-refractivity contribution < 1.29 is 4.74 Å². The fourth-order valence-corrected chi connectivity index (χ4v) is 4.17. The van der Waals surface area contributed by atoms with Gasteiger partial charge in [0.1, 0.15) is 11.9 Å². The molecule has 0 spiro atoms. The fraction of sp³-hybridized carbons (Fsp3) is 0.409. The minimum atomic E-state index is -0.0582. The summed E-state index contributed by atoms with van der Waals surface area (Å²) in [5.74, 6) is 3.06. The quantitative estimate of drug-likeness (QED) is 0.497. The van der Waals surface area contributed by atoms with Gasteiger partial charge in [-0.15, -0.1) is 10.2 Å². The number of nitrogens with one attached hydrogen (secondary N) is 1. The van der Waals surface area contributed by atoms with Crippen LogP contribution in [0.15, 0.2) is 42.9 Å². The molecular formula is C22H25N9O. The van der Waals surface area contributed by atoms with Crippen molar-refractivity contribution in [3.8, 4) is 11.3 Å². The van der Waals surface area contributed by atoms with Gasteiger partial charge in [0.05, 0.1) is 18.5 Å². The number of hydrogen-bond acceptors (Lipinski definition) is 8. The van der Waals surface area contributed by atoms with E-state index in [-0.39, 0.29) is 6.10 Å². The Balaban J connectivity index is 1.24. The highest BCUT2D eigenvalue weighted by Gasteiger charge is 2.30. The average Bonchev–Trinajstić information content (AvgIpc) is 3.38. The highest BCUT2D eigenvalue weighted by atomic mass is 16.5. The van der Waals surface area contributed by atoms with Crippen molar-refractivity contribution in [2.75, 3.05) is 31.6 Å². The van der Waals surface area contributed by atoms with Crippen molar-refractivity contribution in [3.05, 3.63) is 48.7 Å². The molecule has 1 unspecified atom stereocenters. The highest BCUT2D eigenvalue weighted by molar-refractivity contribution is 5.65.